The first kappa shape index (κ1) is 77.1. The monoisotopic (exact) mass is 1360 g/mol. The summed E-state index contributed by atoms with van der Waals surface area (Å²) >= 11 is 6.36. The van der Waals surface area contributed by atoms with Crippen LogP contribution in [0.25, 0.3) is 0 Å². The number of hydrogen-bond acceptors (Lipinski definition) is 11. The molecule has 0 aromatic carbocycles. The molecule has 2 aliphatic heterocycles. The Morgan fingerprint density at radius 2 is 1.16 bits per heavy atom. The van der Waals surface area contributed by atoms with Gasteiger partial charge in [-0.1, -0.05) is 46.0 Å². The van der Waals surface area contributed by atoms with Crippen molar-refractivity contribution in [1.29, 1.82) is 0 Å². The molecule has 2 saturated heterocycles. The summed E-state index contributed by atoms with van der Waals surface area (Å²) < 4.78 is 83.5. The number of amides is 11. The minimum atomic E-state index is -4.54. The zero-order chi connectivity index (χ0) is 70.1. The second-order valence-electron chi connectivity index (χ2n) is 28.1. The van der Waals surface area contributed by atoms with Crippen LogP contribution >= 0.6 is 11.6 Å². The van der Waals surface area contributed by atoms with E-state index in [0.29, 0.717) is 38.5 Å². The molecule has 6 rings (SSSR count). The van der Waals surface area contributed by atoms with Crippen LogP contribution in [0.5, 0.6) is 0 Å². The highest BCUT2D eigenvalue weighted by Crippen LogP contribution is 2.45. The Kier molecular flexibility index (Phi) is 26.9. The topological polar surface area (TPSA) is 259 Å². The number of fused-ring (bicyclic) bond motifs is 1. The van der Waals surface area contributed by atoms with Crippen molar-refractivity contribution in [1.82, 2.24) is 55.6 Å². The fraction of sp³-hybridized carbons (Fsp3) is 0.831. The molecule has 11 amide bonds. The van der Waals surface area contributed by atoms with Gasteiger partial charge in [0, 0.05) is 66.7 Å². The van der Waals surface area contributed by atoms with E-state index < -0.39 is 179 Å². The van der Waals surface area contributed by atoms with E-state index >= 15 is 9.59 Å². The number of nitrogens with zero attached hydrogens (tertiary/aromatic N) is 7. The zero-order valence-electron chi connectivity index (χ0n) is 56.6. The molecule has 0 aromatic rings. The number of halogens is 7. The lowest BCUT2D eigenvalue weighted by molar-refractivity contribution is -0.184. The molecule has 1 spiro atoms. The molecular weight excluding hydrogens is 1260 g/mol. The van der Waals surface area contributed by atoms with E-state index in [-0.39, 0.29) is 102 Å². The molecule has 22 nitrogen and oxygen atoms in total. The quantitative estimate of drug-likeness (QED) is 0.164. The average Bonchev–Trinajstić information content (AvgIpc) is 1.54. The van der Waals surface area contributed by atoms with Crippen LogP contribution < -0.4 is 21.3 Å². The van der Waals surface area contributed by atoms with E-state index in [1.807, 2.05) is 0 Å². The van der Waals surface area contributed by atoms with Crippen molar-refractivity contribution in [2.24, 2.45) is 35.5 Å². The Balaban J connectivity index is 1.36. The van der Waals surface area contributed by atoms with Crippen molar-refractivity contribution in [3.63, 3.8) is 0 Å². The second kappa shape index (κ2) is 32.9. The Bertz CT molecular complexity index is 2730. The van der Waals surface area contributed by atoms with Crippen LogP contribution in [-0.4, -0.2) is 233 Å². The summed E-state index contributed by atoms with van der Waals surface area (Å²) in [6.45, 7) is 6.76. The van der Waals surface area contributed by atoms with Crippen LogP contribution in [0.15, 0.2) is 0 Å². The molecular formula is C65H102ClF6N11O11. The summed E-state index contributed by atoms with van der Waals surface area (Å²) in [6, 6.07) is -9.58. The molecule has 0 radical (unpaired) electrons. The van der Waals surface area contributed by atoms with Gasteiger partial charge in [-0.3, -0.25) is 52.7 Å². The summed E-state index contributed by atoms with van der Waals surface area (Å²) in [5.74, 6) is -12.5. The first-order valence-electron chi connectivity index (χ1n) is 33.8. The van der Waals surface area contributed by atoms with Crippen LogP contribution in [0.3, 0.4) is 0 Å². The maximum Gasteiger partial charge on any atom is 0.393 e. The molecule has 0 aromatic heterocycles. The van der Waals surface area contributed by atoms with Crippen LogP contribution in [-0.2, 0) is 52.7 Å². The number of nitrogens with one attached hydrogen (secondary N) is 4. The smallest absolute Gasteiger partial charge is 0.351 e. The molecule has 6 fully saturated rings. The van der Waals surface area contributed by atoms with E-state index in [9.17, 15) is 69.5 Å². The Hall–Kier alpha value is -5.96. The summed E-state index contributed by atoms with van der Waals surface area (Å²) in [6.07, 6.45) is -4.81. The first-order chi connectivity index (χ1) is 43.9. The van der Waals surface area contributed by atoms with E-state index in [1.165, 1.54) is 70.8 Å². The van der Waals surface area contributed by atoms with Crippen molar-refractivity contribution in [3.8, 4) is 0 Å². The molecule has 6 aliphatic rings. The molecule has 532 valence electrons. The van der Waals surface area contributed by atoms with Crippen molar-refractivity contribution >= 4 is 76.6 Å². The molecule has 94 heavy (non-hydrogen) atoms. The second-order valence-corrected chi connectivity index (χ2v) is 28.7. The minimum Gasteiger partial charge on any atom is -0.351 e. The molecule has 12 atom stereocenters. The van der Waals surface area contributed by atoms with Gasteiger partial charge in [-0.25, -0.2) is 0 Å². The van der Waals surface area contributed by atoms with Crippen LogP contribution in [0, 0.1) is 35.5 Å². The molecule has 4 N–H and O–H groups in total. The molecule has 0 bridgehead atoms. The average molecular weight is 1360 g/mol. The van der Waals surface area contributed by atoms with Crippen molar-refractivity contribution in [2.45, 2.75) is 247 Å². The van der Waals surface area contributed by atoms with Crippen LogP contribution in [0.4, 0.5) is 26.3 Å². The van der Waals surface area contributed by atoms with Gasteiger partial charge in [-0.05, 0) is 147 Å². The van der Waals surface area contributed by atoms with Gasteiger partial charge in [0.2, 0.25) is 65.0 Å². The lowest BCUT2D eigenvalue weighted by Crippen LogP contribution is -2.64. The number of hydrogen-bond donors (Lipinski definition) is 4. The number of carbonyl (C=O) groups excluding carboxylic acids is 11. The predicted molar refractivity (Wildman–Crippen MR) is 336 cm³/mol. The van der Waals surface area contributed by atoms with Gasteiger partial charge in [0.1, 0.15) is 47.8 Å². The van der Waals surface area contributed by atoms with Crippen LogP contribution in [0.1, 0.15) is 176 Å². The lowest BCUT2D eigenvalue weighted by atomic mass is 9.78. The Morgan fingerprint density at radius 3 is 1.74 bits per heavy atom. The molecule has 29 heteroatoms. The summed E-state index contributed by atoms with van der Waals surface area (Å²) in [5, 5.41) is 10.2. The van der Waals surface area contributed by atoms with Gasteiger partial charge in [0.25, 0.3) is 0 Å². The normalized spacial score (nSPS) is 32.4. The standard InChI is InChI=1S/C65H102ClF6N11O11/c1-12-37(2)53-61(93)78(7)35-51(85)77(6)36-52(86)81(10)49(34-42-21-25-44(26-22-42)64(67,68)69)60(92)80(9)40(5)55(87)74-47(28-24-41-23-27-45(46(66)33-41)65(70,71)72)59(91)83-31-17-20-48(83)57(89)76-63(29-15-16-30-63)62(94)82(11)54(43-18-13-14-19-43)58(90)73-38(3)32-50(84)79(8)39(4)56(88)75-53/h37-49,53-54H,12-36H2,1-11H3,(H,73,90)(H,74,87)(H,75,88)(H,76,89)/t37-,38+,39-,40+,41?,42?,44?,45?,46?,47-,48-,49-,53-,54-/m0/s1. The highest BCUT2D eigenvalue weighted by Gasteiger charge is 2.52. The van der Waals surface area contributed by atoms with Crippen molar-refractivity contribution < 1.29 is 79.1 Å². The molecule has 2 heterocycles. The van der Waals surface area contributed by atoms with Crippen molar-refractivity contribution in [2.75, 3.05) is 61.9 Å². The highest BCUT2D eigenvalue weighted by atomic mass is 35.5. The lowest BCUT2D eigenvalue weighted by Gasteiger charge is -2.40. The third-order valence-electron chi connectivity index (χ3n) is 21.6. The first-order valence-corrected chi connectivity index (χ1v) is 34.2. The zero-order valence-corrected chi connectivity index (χ0v) is 57.4. The third kappa shape index (κ3) is 19.0. The highest BCUT2D eigenvalue weighted by molar-refractivity contribution is 6.20. The number of alkyl halides is 7. The van der Waals surface area contributed by atoms with Gasteiger partial charge in [-0.15, -0.1) is 11.6 Å². The fourth-order valence-electron chi connectivity index (χ4n) is 14.8. The van der Waals surface area contributed by atoms with Gasteiger partial charge in [0.05, 0.1) is 24.9 Å². The largest absolute Gasteiger partial charge is 0.393 e. The third-order valence-corrected chi connectivity index (χ3v) is 22.0. The van der Waals surface area contributed by atoms with Gasteiger partial charge in [-0.2, -0.15) is 26.3 Å². The molecule has 4 saturated carbocycles. The summed E-state index contributed by atoms with van der Waals surface area (Å²) in [4.78, 5) is 168. The van der Waals surface area contributed by atoms with E-state index in [0.717, 1.165) is 32.4 Å². The maximum atomic E-state index is 15.2. The van der Waals surface area contributed by atoms with E-state index in [1.54, 1.807) is 20.8 Å². The number of rotatable bonds is 8. The van der Waals surface area contributed by atoms with Crippen LogP contribution in [0.2, 0.25) is 0 Å². The van der Waals surface area contributed by atoms with Gasteiger partial charge < -0.3 is 55.6 Å². The SMILES string of the molecule is CC[C@H](C)[C@@H]1NC(=O)[C@H](C)N(C)C(=O)C[C@@H](C)NC(=O)[C@H](C2CCCC2)N(C)C(=O)C2(CCCC2)NC(=O)[C@@H]2CCCN2C(=O)[C@H](CCC2CCC(C(F)(F)F)C(Cl)C2)NC(=O)[C@@H](C)N(C)C(=O)[C@H](CC2CCC(C(F)(F)F)CC2)N(C)C(=O)CN(C)C(=O)CN(C)C1=O. The van der Waals surface area contributed by atoms with E-state index in [2.05, 4.69) is 21.3 Å². The minimum absolute atomic E-state index is 0.0340. The Morgan fingerprint density at radius 1 is 0.574 bits per heavy atom. The fourth-order valence-corrected chi connectivity index (χ4v) is 15.4. The van der Waals surface area contributed by atoms with Gasteiger partial charge in [0.15, 0.2) is 0 Å². The Labute approximate surface area is 554 Å². The summed E-state index contributed by atoms with van der Waals surface area (Å²) in [5.41, 5.74) is -1.51. The number of likely N-dealkylation sites (N-methyl/N-ethyl adjacent to an activating group) is 6. The maximum absolute atomic E-state index is 15.2. The van der Waals surface area contributed by atoms with Crippen molar-refractivity contribution in [3.05, 3.63) is 0 Å². The predicted octanol–water partition coefficient (Wildman–Crippen LogP) is 5.91. The summed E-state index contributed by atoms with van der Waals surface area (Å²) in [7, 11) is 8.11. The molecule has 3 unspecified atom stereocenters. The molecule has 4 aliphatic carbocycles. The van der Waals surface area contributed by atoms with E-state index in [4.69, 9.17) is 11.6 Å². The van der Waals surface area contributed by atoms with Gasteiger partial charge >= 0.3 is 12.4 Å². The number of carbonyl (C=O) groups is 11.